The fourth-order valence-electron chi connectivity index (χ4n) is 2.65. The zero-order valence-electron chi connectivity index (χ0n) is 13.6. The Bertz CT molecular complexity index is 906. The molecule has 24 heavy (non-hydrogen) atoms. The second-order valence-corrected chi connectivity index (χ2v) is 5.86. The summed E-state index contributed by atoms with van der Waals surface area (Å²) in [5.74, 6) is 0. The van der Waals surface area contributed by atoms with Gasteiger partial charge in [-0.2, -0.15) is 9.78 Å². The predicted octanol–water partition coefficient (Wildman–Crippen LogP) is 4.35. The van der Waals surface area contributed by atoms with Crippen LogP contribution in [0.1, 0.15) is 12.5 Å². The van der Waals surface area contributed by atoms with E-state index < -0.39 is 0 Å². The molecule has 4 nitrogen and oxygen atoms in total. The standard InChI is InChI=1S/C19H18ClN3O/c1-3-22(16-11-7-8-14(2)12-16)17-13-21-23(19(24)18(17)20)15-9-5-4-6-10-15/h4-13H,3H2,1-2H3. The van der Waals surface area contributed by atoms with E-state index >= 15 is 0 Å². The van der Waals surface area contributed by atoms with Gasteiger partial charge in [0.2, 0.25) is 0 Å². The first-order valence-electron chi connectivity index (χ1n) is 7.79. The largest absolute Gasteiger partial charge is 0.339 e. The number of benzene rings is 2. The molecular weight excluding hydrogens is 322 g/mol. The van der Waals surface area contributed by atoms with Crippen LogP contribution < -0.4 is 10.5 Å². The molecule has 1 aromatic heterocycles. The van der Waals surface area contributed by atoms with Crippen molar-refractivity contribution in [3.05, 3.63) is 81.7 Å². The molecule has 0 aliphatic heterocycles. The summed E-state index contributed by atoms with van der Waals surface area (Å²) in [4.78, 5) is 14.6. The molecule has 2 aromatic carbocycles. The fourth-order valence-corrected chi connectivity index (χ4v) is 2.88. The molecule has 0 radical (unpaired) electrons. The number of hydrogen-bond donors (Lipinski definition) is 0. The molecular formula is C19H18ClN3O. The maximum absolute atomic E-state index is 12.7. The summed E-state index contributed by atoms with van der Waals surface area (Å²) in [6.45, 7) is 4.73. The van der Waals surface area contributed by atoms with Gasteiger partial charge >= 0.3 is 0 Å². The molecule has 122 valence electrons. The molecule has 0 aliphatic carbocycles. The highest BCUT2D eigenvalue weighted by molar-refractivity contribution is 6.33. The van der Waals surface area contributed by atoms with Crippen LogP contribution >= 0.6 is 11.6 Å². The molecule has 3 aromatic rings. The number of anilines is 2. The van der Waals surface area contributed by atoms with E-state index in [1.54, 1.807) is 6.20 Å². The first kappa shape index (κ1) is 16.3. The highest BCUT2D eigenvalue weighted by Gasteiger charge is 2.16. The Morgan fingerprint density at radius 1 is 1.12 bits per heavy atom. The van der Waals surface area contributed by atoms with Gasteiger partial charge in [0.15, 0.2) is 0 Å². The summed E-state index contributed by atoms with van der Waals surface area (Å²) in [6.07, 6.45) is 1.64. The minimum Gasteiger partial charge on any atom is -0.339 e. The fraction of sp³-hybridized carbons (Fsp3) is 0.158. The van der Waals surface area contributed by atoms with E-state index in [9.17, 15) is 4.79 Å². The molecule has 0 bridgehead atoms. The van der Waals surface area contributed by atoms with Gasteiger partial charge in [-0.05, 0) is 43.7 Å². The number of para-hydroxylation sites is 1. The second kappa shape index (κ2) is 6.89. The predicted molar refractivity (Wildman–Crippen MR) is 98.7 cm³/mol. The van der Waals surface area contributed by atoms with Crippen LogP contribution in [0.3, 0.4) is 0 Å². The Hall–Kier alpha value is -2.59. The van der Waals surface area contributed by atoms with E-state index in [2.05, 4.69) is 11.2 Å². The van der Waals surface area contributed by atoms with Crippen molar-refractivity contribution in [3.63, 3.8) is 0 Å². The zero-order valence-corrected chi connectivity index (χ0v) is 14.4. The summed E-state index contributed by atoms with van der Waals surface area (Å²) in [7, 11) is 0. The molecule has 0 N–H and O–H groups in total. The van der Waals surface area contributed by atoms with E-state index in [4.69, 9.17) is 11.6 Å². The van der Waals surface area contributed by atoms with E-state index in [0.717, 1.165) is 11.3 Å². The van der Waals surface area contributed by atoms with Gasteiger partial charge in [-0.15, -0.1) is 0 Å². The molecule has 1 heterocycles. The maximum Gasteiger partial charge on any atom is 0.292 e. The zero-order chi connectivity index (χ0) is 17.1. The average molecular weight is 340 g/mol. The van der Waals surface area contributed by atoms with Crippen molar-refractivity contribution >= 4 is 23.0 Å². The highest BCUT2D eigenvalue weighted by Crippen LogP contribution is 2.29. The van der Waals surface area contributed by atoms with Crippen molar-refractivity contribution in [1.82, 2.24) is 9.78 Å². The molecule has 0 saturated carbocycles. The van der Waals surface area contributed by atoms with Crippen molar-refractivity contribution in [1.29, 1.82) is 0 Å². The van der Waals surface area contributed by atoms with Crippen molar-refractivity contribution in [2.45, 2.75) is 13.8 Å². The lowest BCUT2D eigenvalue weighted by Crippen LogP contribution is -2.26. The summed E-state index contributed by atoms with van der Waals surface area (Å²) in [5.41, 5.74) is 3.11. The van der Waals surface area contributed by atoms with Gasteiger partial charge in [0.1, 0.15) is 5.02 Å². The molecule has 0 spiro atoms. The Kier molecular flexibility index (Phi) is 4.67. The van der Waals surface area contributed by atoms with Gasteiger partial charge in [-0.1, -0.05) is 41.9 Å². The number of halogens is 1. The van der Waals surface area contributed by atoms with Crippen LogP contribution in [-0.2, 0) is 0 Å². The number of nitrogens with zero attached hydrogens (tertiary/aromatic N) is 3. The van der Waals surface area contributed by atoms with Crippen LogP contribution in [0.2, 0.25) is 5.02 Å². The Labute approximate surface area is 145 Å². The Morgan fingerprint density at radius 2 is 1.88 bits per heavy atom. The number of hydrogen-bond acceptors (Lipinski definition) is 3. The van der Waals surface area contributed by atoms with E-state index in [0.29, 0.717) is 17.9 Å². The summed E-state index contributed by atoms with van der Waals surface area (Å²) >= 11 is 6.40. The summed E-state index contributed by atoms with van der Waals surface area (Å²) in [6, 6.07) is 17.3. The van der Waals surface area contributed by atoms with Gasteiger partial charge < -0.3 is 4.90 Å². The molecule has 0 atom stereocenters. The molecule has 0 saturated heterocycles. The van der Waals surface area contributed by atoms with Crippen molar-refractivity contribution in [3.8, 4) is 5.69 Å². The smallest absolute Gasteiger partial charge is 0.292 e. The van der Waals surface area contributed by atoms with Gasteiger partial charge in [-0.25, -0.2) is 0 Å². The normalized spacial score (nSPS) is 10.6. The third-order valence-corrected chi connectivity index (χ3v) is 4.18. The lowest BCUT2D eigenvalue weighted by Gasteiger charge is -2.24. The third-order valence-electron chi connectivity index (χ3n) is 3.82. The highest BCUT2D eigenvalue weighted by atomic mass is 35.5. The quantitative estimate of drug-likeness (QED) is 0.709. The lowest BCUT2D eigenvalue weighted by atomic mass is 10.2. The van der Waals surface area contributed by atoms with Crippen LogP contribution in [-0.4, -0.2) is 16.3 Å². The number of aromatic nitrogens is 2. The molecule has 0 fully saturated rings. The van der Waals surface area contributed by atoms with Crippen LogP contribution in [0.5, 0.6) is 0 Å². The maximum atomic E-state index is 12.7. The van der Waals surface area contributed by atoms with Crippen molar-refractivity contribution in [2.24, 2.45) is 0 Å². The Morgan fingerprint density at radius 3 is 2.54 bits per heavy atom. The van der Waals surface area contributed by atoms with E-state index in [1.165, 1.54) is 4.68 Å². The molecule has 5 heteroatoms. The molecule has 0 amide bonds. The van der Waals surface area contributed by atoms with E-state index in [1.807, 2.05) is 67.3 Å². The third kappa shape index (κ3) is 3.05. The van der Waals surface area contributed by atoms with Crippen molar-refractivity contribution < 1.29 is 0 Å². The van der Waals surface area contributed by atoms with Crippen LogP contribution in [0.25, 0.3) is 5.69 Å². The minimum atomic E-state index is -0.327. The van der Waals surface area contributed by atoms with Crippen LogP contribution in [0.15, 0.2) is 65.6 Å². The number of rotatable bonds is 4. The Balaban J connectivity index is 2.09. The molecule has 0 unspecified atom stereocenters. The second-order valence-electron chi connectivity index (χ2n) is 5.48. The first-order valence-corrected chi connectivity index (χ1v) is 8.17. The van der Waals surface area contributed by atoms with E-state index in [-0.39, 0.29) is 10.6 Å². The first-order chi connectivity index (χ1) is 11.6. The van der Waals surface area contributed by atoms with Gasteiger partial charge in [0.05, 0.1) is 17.6 Å². The summed E-state index contributed by atoms with van der Waals surface area (Å²) < 4.78 is 1.32. The monoisotopic (exact) mass is 339 g/mol. The molecule has 0 aliphatic rings. The van der Waals surface area contributed by atoms with Gasteiger partial charge in [0, 0.05) is 12.2 Å². The average Bonchev–Trinajstić information content (AvgIpc) is 2.60. The lowest BCUT2D eigenvalue weighted by molar-refractivity contribution is 0.802. The van der Waals surface area contributed by atoms with Crippen LogP contribution in [0, 0.1) is 6.92 Å². The molecule has 3 rings (SSSR count). The van der Waals surface area contributed by atoms with Crippen LogP contribution in [0.4, 0.5) is 11.4 Å². The van der Waals surface area contributed by atoms with Crippen molar-refractivity contribution in [2.75, 3.05) is 11.4 Å². The topological polar surface area (TPSA) is 38.1 Å². The summed E-state index contributed by atoms with van der Waals surface area (Å²) in [5, 5.41) is 4.47. The SMILES string of the molecule is CCN(c1cccc(C)c1)c1cnn(-c2ccccc2)c(=O)c1Cl. The minimum absolute atomic E-state index is 0.164. The number of aryl methyl sites for hydroxylation is 1. The van der Waals surface area contributed by atoms with Gasteiger partial charge in [-0.3, -0.25) is 4.79 Å². The van der Waals surface area contributed by atoms with Gasteiger partial charge in [0.25, 0.3) is 5.56 Å².